The summed E-state index contributed by atoms with van der Waals surface area (Å²) in [6, 6.07) is 9.09. The molecule has 0 unspecified atom stereocenters. The number of Topliss-reactive ketones (excluding diaryl/α,β-unsaturated/α-hetero) is 1. The minimum absolute atomic E-state index is 0.0978. The second-order valence-electron chi connectivity index (χ2n) is 12.4. The summed E-state index contributed by atoms with van der Waals surface area (Å²) >= 11 is 0. The molecule has 1 heterocycles. The van der Waals surface area contributed by atoms with Crippen LogP contribution in [0, 0.1) is 39.9 Å². The summed E-state index contributed by atoms with van der Waals surface area (Å²) in [5.74, 6) is -3.19. The molecule has 0 amide bonds. The van der Waals surface area contributed by atoms with E-state index < -0.39 is 64.2 Å². The van der Waals surface area contributed by atoms with Crippen LogP contribution < -0.4 is 0 Å². The smallest absolute Gasteiger partial charge is 0.192 e. The summed E-state index contributed by atoms with van der Waals surface area (Å²) in [6.07, 6.45) is 0.936. The number of halogens is 2. The summed E-state index contributed by atoms with van der Waals surface area (Å²) < 4.78 is 33.1. The Morgan fingerprint density at radius 3 is 2.64 bits per heavy atom. The van der Waals surface area contributed by atoms with E-state index in [9.17, 15) is 19.8 Å². The maximum Gasteiger partial charge on any atom is 0.192 e. The Morgan fingerprint density at radius 2 is 1.97 bits per heavy atom. The number of fused-ring (bicyclic) bond motifs is 7. The molecule has 2 N–H and O–H groups in total. The van der Waals surface area contributed by atoms with Gasteiger partial charge in [-0.3, -0.25) is 14.4 Å². The van der Waals surface area contributed by atoms with Crippen LogP contribution in [0.25, 0.3) is 0 Å². The molecule has 0 bridgehead atoms. The lowest BCUT2D eigenvalue weighted by Gasteiger charge is -2.62. The molecule has 1 aromatic rings. The molecule has 6 rings (SSSR count). The molecule has 5 aliphatic rings. The number of hydrogen-bond acceptors (Lipinski definition) is 7. The SMILES string of the molecule is C[C@]12C=CC(=O)CC1=C(F)C[C@H]1[C@@H]3C[C@H]4CN(Cc5ccc(C#N)cc5)O[C@@]4(C(=O)CO)[C@@]3(C)C[C@H](O)[C@@]12F. The number of carbonyl (C=O) groups is 2. The van der Waals surface area contributed by atoms with Crippen LogP contribution in [-0.4, -0.2) is 57.4 Å². The number of allylic oxidation sites excluding steroid dienone is 4. The number of rotatable bonds is 4. The van der Waals surface area contributed by atoms with Gasteiger partial charge in [-0.2, -0.15) is 10.3 Å². The van der Waals surface area contributed by atoms with Crippen molar-refractivity contribution in [2.45, 2.75) is 63.4 Å². The maximum absolute atomic E-state index is 17.4. The van der Waals surface area contributed by atoms with Gasteiger partial charge in [-0.1, -0.05) is 25.1 Å². The number of alkyl halides is 1. The molecular weight excluding hydrogens is 506 g/mol. The number of carbonyl (C=O) groups excluding carboxylic acids is 2. The van der Waals surface area contributed by atoms with Gasteiger partial charge in [-0.15, -0.1) is 0 Å². The Morgan fingerprint density at radius 1 is 1.26 bits per heavy atom. The van der Waals surface area contributed by atoms with E-state index in [1.54, 1.807) is 43.2 Å². The number of aliphatic hydroxyl groups excluding tert-OH is 2. The molecule has 8 atom stereocenters. The van der Waals surface area contributed by atoms with Crippen molar-refractivity contribution in [2.75, 3.05) is 13.2 Å². The Kier molecular flexibility index (Phi) is 5.84. The van der Waals surface area contributed by atoms with Crippen molar-refractivity contribution in [1.82, 2.24) is 5.06 Å². The fourth-order valence-corrected chi connectivity index (χ4v) is 8.90. The van der Waals surface area contributed by atoms with E-state index >= 15 is 8.78 Å². The molecule has 0 spiro atoms. The van der Waals surface area contributed by atoms with Gasteiger partial charge in [0.25, 0.3) is 0 Å². The zero-order chi connectivity index (χ0) is 28.0. The van der Waals surface area contributed by atoms with Crippen molar-refractivity contribution in [3.05, 3.63) is 58.9 Å². The third-order valence-electron chi connectivity index (χ3n) is 10.7. The van der Waals surface area contributed by atoms with Gasteiger partial charge in [0, 0.05) is 48.6 Å². The molecule has 3 fully saturated rings. The van der Waals surface area contributed by atoms with Crippen LogP contribution in [-0.2, 0) is 21.0 Å². The highest BCUT2D eigenvalue weighted by Crippen LogP contribution is 2.72. The quantitative estimate of drug-likeness (QED) is 0.604. The third kappa shape index (κ3) is 3.26. The zero-order valence-corrected chi connectivity index (χ0v) is 22.0. The van der Waals surface area contributed by atoms with Gasteiger partial charge in [-0.05, 0) is 55.0 Å². The van der Waals surface area contributed by atoms with Crippen molar-refractivity contribution in [3.63, 3.8) is 0 Å². The van der Waals surface area contributed by atoms with Crippen LogP contribution in [0.15, 0.2) is 47.8 Å². The lowest BCUT2D eigenvalue weighted by molar-refractivity contribution is -0.267. The Balaban J connectivity index is 1.38. The van der Waals surface area contributed by atoms with Gasteiger partial charge in [0.05, 0.1) is 17.7 Å². The molecule has 4 aliphatic carbocycles. The molecule has 1 saturated heterocycles. The van der Waals surface area contributed by atoms with E-state index in [4.69, 9.17) is 10.1 Å². The second kappa shape index (κ2) is 8.61. The molecule has 9 heteroatoms. The highest BCUT2D eigenvalue weighted by molar-refractivity contribution is 5.94. The van der Waals surface area contributed by atoms with Crippen molar-refractivity contribution < 1.29 is 33.4 Å². The Labute approximate surface area is 225 Å². The highest BCUT2D eigenvalue weighted by Gasteiger charge is 2.79. The van der Waals surface area contributed by atoms with Gasteiger partial charge in [0.15, 0.2) is 22.8 Å². The number of hydrogen-bond donors (Lipinski definition) is 2. The third-order valence-corrected chi connectivity index (χ3v) is 10.7. The van der Waals surface area contributed by atoms with E-state index in [1.807, 2.05) is 0 Å². The Bertz CT molecular complexity index is 1350. The van der Waals surface area contributed by atoms with Gasteiger partial charge in [0.2, 0.25) is 0 Å². The van der Waals surface area contributed by atoms with Crippen LogP contribution in [0.1, 0.15) is 50.7 Å². The maximum atomic E-state index is 17.4. The molecule has 2 saturated carbocycles. The van der Waals surface area contributed by atoms with Crippen molar-refractivity contribution in [3.8, 4) is 6.07 Å². The van der Waals surface area contributed by atoms with E-state index in [2.05, 4.69) is 6.07 Å². The zero-order valence-electron chi connectivity index (χ0n) is 22.0. The van der Waals surface area contributed by atoms with E-state index in [-0.39, 0.29) is 30.6 Å². The average Bonchev–Trinajstić information content (AvgIpc) is 3.39. The first kappa shape index (κ1) is 26.5. The Hall–Kier alpha value is -2.77. The first-order valence-electron chi connectivity index (χ1n) is 13.5. The number of aliphatic hydroxyl groups is 2. The second-order valence-corrected chi connectivity index (χ2v) is 12.4. The van der Waals surface area contributed by atoms with Crippen LogP contribution >= 0.6 is 0 Å². The van der Waals surface area contributed by atoms with E-state index in [0.29, 0.717) is 25.1 Å². The molecule has 0 radical (unpaired) electrons. The molecule has 206 valence electrons. The molecule has 1 aliphatic heterocycles. The van der Waals surface area contributed by atoms with Crippen molar-refractivity contribution in [1.29, 1.82) is 5.26 Å². The lowest BCUT2D eigenvalue weighted by Crippen LogP contribution is -2.69. The fraction of sp³-hybridized carbons (Fsp3) is 0.567. The summed E-state index contributed by atoms with van der Waals surface area (Å²) in [7, 11) is 0. The number of nitrogens with zero attached hydrogens (tertiary/aromatic N) is 2. The summed E-state index contributed by atoms with van der Waals surface area (Å²) in [6.45, 7) is 3.27. The van der Waals surface area contributed by atoms with Crippen molar-refractivity contribution in [2.24, 2.45) is 28.6 Å². The summed E-state index contributed by atoms with van der Waals surface area (Å²) in [5, 5.41) is 32.4. The first-order chi connectivity index (χ1) is 18.4. The molecule has 0 aromatic heterocycles. The van der Waals surface area contributed by atoms with Crippen molar-refractivity contribution >= 4 is 11.6 Å². The standard InChI is InChI=1S/C30H32F2N2O5/c1-27-8-7-20(36)10-23(27)24(31)11-22-21-9-19-15-34(14-18-5-3-17(13-33)4-6-18)39-30(19,26(38)16-35)28(21,2)12-25(37)29(22,27)32/h3-8,19,21-22,25,35,37H,9-12,14-16H2,1-2H3/t19-,21-,22-,25-,27-,28-,29-,30-/m0/s1. The summed E-state index contributed by atoms with van der Waals surface area (Å²) in [4.78, 5) is 32.1. The number of ketones is 2. The molecule has 1 aromatic carbocycles. The minimum atomic E-state index is -2.23. The van der Waals surface area contributed by atoms with Crippen LogP contribution in [0.3, 0.4) is 0 Å². The largest absolute Gasteiger partial charge is 0.390 e. The van der Waals surface area contributed by atoms with Gasteiger partial charge < -0.3 is 10.2 Å². The average molecular weight is 539 g/mol. The van der Waals surface area contributed by atoms with Crippen LogP contribution in [0.4, 0.5) is 8.78 Å². The molecular formula is C30H32F2N2O5. The van der Waals surface area contributed by atoms with Gasteiger partial charge >= 0.3 is 0 Å². The topological polar surface area (TPSA) is 111 Å². The van der Waals surface area contributed by atoms with Crippen LogP contribution in [0.2, 0.25) is 0 Å². The first-order valence-corrected chi connectivity index (χ1v) is 13.5. The number of benzene rings is 1. The predicted octanol–water partition coefficient (Wildman–Crippen LogP) is 3.50. The summed E-state index contributed by atoms with van der Waals surface area (Å²) in [5.41, 5.74) is -4.80. The van der Waals surface area contributed by atoms with Crippen LogP contribution in [0.5, 0.6) is 0 Å². The van der Waals surface area contributed by atoms with Gasteiger partial charge in [0.1, 0.15) is 12.4 Å². The molecule has 39 heavy (non-hydrogen) atoms. The monoisotopic (exact) mass is 538 g/mol. The van der Waals surface area contributed by atoms with Gasteiger partial charge in [-0.25, -0.2) is 8.78 Å². The number of hydroxylamine groups is 2. The predicted molar refractivity (Wildman–Crippen MR) is 135 cm³/mol. The lowest BCUT2D eigenvalue weighted by atomic mass is 9.45. The fourth-order valence-electron chi connectivity index (χ4n) is 8.90. The minimum Gasteiger partial charge on any atom is -0.390 e. The highest BCUT2D eigenvalue weighted by atomic mass is 19.1. The van der Waals surface area contributed by atoms with E-state index in [0.717, 1.165) is 5.56 Å². The normalized spacial score (nSPS) is 42.9. The van der Waals surface area contributed by atoms with E-state index in [1.165, 1.54) is 12.2 Å². The number of nitriles is 1. The molecule has 7 nitrogen and oxygen atoms in total.